The quantitative estimate of drug-likeness (QED) is 0.658. The summed E-state index contributed by atoms with van der Waals surface area (Å²) in [4.78, 5) is 16.0. The lowest BCUT2D eigenvalue weighted by atomic mass is 10.1. The number of rotatable bonds is 5. The van der Waals surface area contributed by atoms with E-state index in [1.165, 1.54) is 0 Å². The maximum absolute atomic E-state index is 11.3. The lowest BCUT2D eigenvalue weighted by Crippen LogP contribution is -2.44. The minimum Gasteiger partial charge on any atom is -0.304 e. The molecule has 0 spiro atoms. The third kappa shape index (κ3) is 4.20. The Labute approximate surface area is 87.1 Å². The zero-order valence-electron chi connectivity index (χ0n) is 9.46. The van der Waals surface area contributed by atoms with E-state index in [9.17, 15) is 4.79 Å². The highest BCUT2D eigenvalue weighted by atomic mass is 16.1. The zero-order chi connectivity index (χ0) is 10.4. The van der Waals surface area contributed by atoms with Crippen LogP contribution in [0.2, 0.25) is 0 Å². The fraction of sp³-hybridized carbons (Fsp3) is 0.909. The van der Waals surface area contributed by atoms with Crippen molar-refractivity contribution in [3.63, 3.8) is 0 Å². The molecule has 1 saturated heterocycles. The molecular formula is C11H22N2O. The van der Waals surface area contributed by atoms with Crippen LogP contribution in [0.5, 0.6) is 0 Å². The Morgan fingerprint density at radius 3 is 2.36 bits per heavy atom. The van der Waals surface area contributed by atoms with Crippen LogP contribution in [0.25, 0.3) is 0 Å². The second-order valence-electron chi connectivity index (χ2n) is 4.18. The van der Waals surface area contributed by atoms with Gasteiger partial charge in [-0.05, 0) is 13.5 Å². The van der Waals surface area contributed by atoms with Crippen LogP contribution in [-0.2, 0) is 4.79 Å². The topological polar surface area (TPSA) is 23.6 Å². The Morgan fingerprint density at radius 1 is 1.14 bits per heavy atom. The minimum absolute atomic E-state index is 0.423. The normalized spacial score (nSPS) is 19.9. The Balaban J connectivity index is 2.09. The molecule has 0 aromatic heterocycles. The Hall–Kier alpha value is -0.410. The van der Waals surface area contributed by atoms with Gasteiger partial charge in [-0.3, -0.25) is 4.79 Å². The van der Waals surface area contributed by atoms with Gasteiger partial charge in [0.15, 0.2) is 0 Å². The first-order chi connectivity index (χ1) is 6.72. The number of piperazine rings is 1. The summed E-state index contributed by atoms with van der Waals surface area (Å²) in [5.41, 5.74) is 0. The second-order valence-corrected chi connectivity index (χ2v) is 4.18. The van der Waals surface area contributed by atoms with E-state index in [4.69, 9.17) is 0 Å². The van der Waals surface area contributed by atoms with Crippen molar-refractivity contribution >= 4 is 5.78 Å². The number of Topliss-reactive ketones (excluding diaryl/α,β-unsaturated/α-hetero) is 1. The first kappa shape index (κ1) is 11.7. The molecule has 0 aromatic carbocycles. The highest BCUT2D eigenvalue weighted by Gasteiger charge is 2.13. The molecule has 82 valence electrons. The molecule has 0 saturated carbocycles. The van der Waals surface area contributed by atoms with Crippen molar-refractivity contribution in [1.82, 2.24) is 9.80 Å². The number of likely N-dealkylation sites (N-methyl/N-ethyl adjacent to an activating group) is 1. The first-order valence-corrected chi connectivity index (χ1v) is 5.65. The Kier molecular flexibility index (Phi) is 5.12. The van der Waals surface area contributed by atoms with E-state index >= 15 is 0 Å². The van der Waals surface area contributed by atoms with E-state index in [-0.39, 0.29) is 0 Å². The number of nitrogens with zero attached hydrogens (tertiary/aromatic N) is 2. The Bertz CT molecular complexity index is 174. The number of carbonyl (C=O) groups excluding carboxylic acids is 1. The second kappa shape index (κ2) is 6.14. The van der Waals surface area contributed by atoms with Crippen LogP contribution in [-0.4, -0.2) is 55.4 Å². The van der Waals surface area contributed by atoms with Gasteiger partial charge in [0.05, 0.1) is 0 Å². The van der Waals surface area contributed by atoms with E-state index in [1.807, 2.05) is 0 Å². The standard InChI is InChI=1S/C11H22N2O/c1-3-4-11(14)5-6-13-9-7-12(2)8-10-13/h3-10H2,1-2H3. The summed E-state index contributed by atoms with van der Waals surface area (Å²) >= 11 is 0. The zero-order valence-corrected chi connectivity index (χ0v) is 9.46. The fourth-order valence-electron chi connectivity index (χ4n) is 1.76. The molecule has 0 radical (unpaired) electrons. The molecule has 3 nitrogen and oxygen atoms in total. The van der Waals surface area contributed by atoms with Crippen molar-refractivity contribution in [3.8, 4) is 0 Å². The van der Waals surface area contributed by atoms with Crippen LogP contribution in [0.4, 0.5) is 0 Å². The molecule has 1 rings (SSSR count). The van der Waals surface area contributed by atoms with Gasteiger partial charge in [0.25, 0.3) is 0 Å². The van der Waals surface area contributed by atoms with Crippen molar-refractivity contribution in [2.24, 2.45) is 0 Å². The van der Waals surface area contributed by atoms with Crippen LogP contribution in [0, 0.1) is 0 Å². The van der Waals surface area contributed by atoms with Crippen molar-refractivity contribution in [3.05, 3.63) is 0 Å². The van der Waals surface area contributed by atoms with Gasteiger partial charge < -0.3 is 9.80 Å². The van der Waals surface area contributed by atoms with Gasteiger partial charge in [-0.15, -0.1) is 0 Å². The largest absolute Gasteiger partial charge is 0.304 e. The minimum atomic E-state index is 0.423. The van der Waals surface area contributed by atoms with E-state index in [0.717, 1.165) is 52.0 Å². The van der Waals surface area contributed by atoms with Gasteiger partial charge in [-0.25, -0.2) is 0 Å². The molecule has 3 heteroatoms. The van der Waals surface area contributed by atoms with Gasteiger partial charge in [0.2, 0.25) is 0 Å². The van der Waals surface area contributed by atoms with Crippen LogP contribution in [0.15, 0.2) is 0 Å². The monoisotopic (exact) mass is 198 g/mol. The number of hydrogen-bond acceptors (Lipinski definition) is 3. The highest BCUT2D eigenvalue weighted by Crippen LogP contribution is 2.02. The summed E-state index contributed by atoms with van der Waals surface area (Å²) in [5.74, 6) is 0.423. The molecule has 1 aliphatic heterocycles. The van der Waals surface area contributed by atoms with Crippen molar-refractivity contribution in [2.75, 3.05) is 39.8 Å². The lowest BCUT2D eigenvalue weighted by molar-refractivity contribution is -0.119. The van der Waals surface area contributed by atoms with Crippen LogP contribution >= 0.6 is 0 Å². The maximum Gasteiger partial charge on any atom is 0.134 e. The van der Waals surface area contributed by atoms with Gasteiger partial charge in [0.1, 0.15) is 5.78 Å². The summed E-state index contributed by atoms with van der Waals surface area (Å²) in [6.07, 6.45) is 2.49. The average Bonchev–Trinajstić information content (AvgIpc) is 2.17. The van der Waals surface area contributed by atoms with Crippen molar-refractivity contribution in [2.45, 2.75) is 26.2 Å². The molecule has 0 bridgehead atoms. The summed E-state index contributed by atoms with van der Waals surface area (Å²) < 4.78 is 0. The summed E-state index contributed by atoms with van der Waals surface area (Å²) in [6.45, 7) is 7.55. The number of ketones is 1. The van der Waals surface area contributed by atoms with Crippen molar-refractivity contribution in [1.29, 1.82) is 0 Å². The highest BCUT2D eigenvalue weighted by molar-refractivity contribution is 5.78. The van der Waals surface area contributed by atoms with Gasteiger partial charge in [0, 0.05) is 45.6 Å². The molecule has 0 atom stereocenters. The smallest absolute Gasteiger partial charge is 0.134 e. The van der Waals surface area contributed by atoms with E-state index < -0.39 is 0 Å². The van der Waals surface area contributed by atoms with Crippen LogP contribution in [0.1, 0.15) is 26.2 Å². The molecule has 1 fully saturated rings. The molecule has 1 heterocycles. The molecule has 14 heavy (non-hydrogen) atoms. The predicted molar refractivity (Wildman–Crippen MR) is 58.5 cm³/mol. The molecule has 0 aromatic rings. The average molecular weight is 198 g/mol. The maximum atomic E-state index is 11.3. The fourth-order valence-corrected chi connectivity index (χ4v) is 1.76. The molecule has 0 amide bonds. The van der Waals surface area contributed by atoms with Crippen LogP contribution < -0.4 is 0 Å². The first-order valence-electron chi connectivity index (χ1n) is 5.65. The van der Waals surface area contributed by atoms with Crippen LogP contribution in [0.3, 0.4) is 0 Å². The molecular weight excluding hydrogens is 176 g/mol. The van der Waals surface area contributed by atoms with Crippen molar-refractivity contribution < 1.29 is 4.79 Å². The number of carbonyl (C=O) groups is 1. The van der Waals surface area contributed by atoms with E-state index in [1.54, 1.807) is 0 Å². The summed E-state index contributed by atoms with van der Waals surface area (Å²) in [5, 5.41) is 0. The molecule has 0 N–H and O–H groups in total. The predicted octanol–water partition coefficient (Wildman–Crippen LogP) is 0.993. The van der Waals surface area contributed by atoms with Gasteiger partial charge in [-0.1, -0.05) is 6.92 Å². The molecule has 0 unspecified atom stereocenters. The van der Waals surface area contributed by atoms with E-state index in [0.29, 0.717) is 5.78 Å². The summed E-state index contributed by atoms with van der Waals surface area (Å²) in [7, 11) is 2.15. The lowest BCUT2D eigenvalue weighted by Gasteiger charge is -2.32. The third-order valence-electron chi connectivity index (χ3n) is 2.83. The molecule has 1 aliphatic rings. The molecule has 0 aliphatic carbocycles. The van der Waals surface area contributed by atoms with Gasteiger partial charge >= 0.3 is 0 Å². The van der Waals surface area contributed by atoms with Gasteiger partial charge in [-0.2, -0.15) is 0 Å². The Morgan fingerprint density at radius 2 is 1.79 bits per heavy atom. The summed E-state index contributed by atoms with van der Waals surface area (Å²) in [6, 6.07) is 0. The SMILES string of the molecule is CCCC(=O)CCN1CCN(C)CC1. The van der Waals surface area contributed by atoms with E-state index in [2.05, 4.69) is 23.8 Å². The third-order valence-corrected chi connectivity index (χ3v) is 2.83. The number of hydrogen-bond donors (Lipinski definition) is 0.